The number of hydrogen-bond acceptors (Lipinski definition) is 6. The van der Waals surface area contributed by atoms with Crippen LogP contribution in [0.25, 0.3) is 11.0 Å². The number of halogens is 3. The molecule has 1 aromatic carbocycles. The molecular weight excluding hydrogens is 465 g/mol. The van der Waals surface area contributed by atoms with Gasteiger partial charge in [0.25, 0.3) is 11.6 Å². The molecule has 0 saturated carbocycles. The molecule has 186 valence electrons. The highest BCUT2D eigenvalue weighted by molar-refractivity contribution is 6.06. The lowest BCUT2D eigenvalue weighted by Gasteiger charge is -2.36. The van der Waals surface area contributed by atoms with Gasteiger partial charge in [0.15, 0.2) is 5.65 Å². The third kappa shape index (κ3) is 4.52. The van der Waals surface area contributed by atoms with Crippen LogP contribution in [-0.2, 0) is 13.2 Å². The van der Waals surface area contributed by atoms with E-state index in [2.05, 4.69) is 10.1 Å². The van der Waals surface area contributed by atoms with Gasteiger partial charge in [-0.05, 0) is 31.0 Å². The molecule has 3 aromatic rings. The molecule has 12 heteroatoms. The van der Waals surface area contributed by atoms with Crippen molar-refractivity contribution in [1.82, 2.24) is 19.7 Å². The topological polar surface area (TPSA) is 97.4 Å². The second-order valence-electron chi connectivity index (χ2n) is 8.89. The van der Waals surface area contributed by atoms with E-state index in [1.807, 2.05) is 20.8 Å². The molecule has 0 N–H and O–H groups in total. The summed E-state index contributed by atoms with van der Waals surface area (Å²) in [5, 5.41) is 16.6. The molecule has 3 heterocycles. The van der Waals surface area contributed by atoms with Gasteiger partial charge in [0.05, 0.1) is 27.1 Å². The van der Waals surface area contributed by atoms with Crippen LogP contribution in [0.1, 0.15) is 47.1 Å². The lowest BCUT2D eigenvalue weighted by molar-refractivity contribution is -0.384. The van der Waals surface area contributed by atoms with Crippen molar-refractivity contribution in [3.8, 4) is 0 Å². The zero-order valence-corrected chi connectivity index (χ0v) is 19.8. The first-order chi connectivity index (χ1) is 16.4. The van der Waals surface area contributed by atoms with Crippen LogP contribution in [0.4, 0.5) is 24.5 Å². The zero-order valence-electron chi connectivity index (χ0n) is 19.8. The maximum Gasteiger partial charge on any atom is 0.416 e. The van der Waals surface area contributed by atoms with Gasteiger partial charge in [0.1, 0.15) is 5.69 Å². The maximum atomic E-state index is 13.5. The maximum absolute atomic E-state index is 13.5. The highest BCUT2D eigenvalue weighted by Crippen LogP contribution is 2.37. The Morgan fingerprint density at radius 1 is 1.14 bits per heavy atom. The number of pyridine rings is 1. The molecule has 0 spiro atoms. The van der Waals surface area contributed by atoms with Gasteiger partial charge in [-0.2, -0.15) is 18.3 Å². The Kier molecular flexibility index (Phi) is 6.16. The third-order valence-electron chi connectivity index (χ3n) is 6.22. The molecule has 0 radical (unpaired) electrons. The Hall–Kier alpha value is -3.70. The van der Waals surface area contributed by atoms with Crippen LogP contribution < -0.4 is 4.90 Å². The van der Waals surface area contributed by atoms with E-state index in [0.717, 1.165) is 17.8 Å². The fourth-order valence-electron chi connectivity index (χ4n) is 4.36. The van der Waals surface area contributed by atoms with Crippen LogP contribution in [0.5, 0.6) is 0 Å². The molecule has 9 nitrogen and oxygen atoms in total. The number of hydrogen-bond donors (Lipinski definition) is 0. The van der Waals surface area contributed by atoms with Crippen LogP contribution in [0.3, 0.4) is 0 Å². The summed E-state index contributed by atoms with van der Waals surface area (Å²) in [6, 6.07) is 4.31. The van der Waals surface area contributed by atoms with Gasteiger partial charge in [-0.1, -0.05) is 13.8 Å². The minimum absolute atomic E-state index is 0.0956. The number of fused-ring (bicyclic) bond motifs is 1. The Labute approximate surface area is 199 Å². The monoisotopic (exact) mass is 490 g/mol. The number of piperazine rings is 1. The Balaban J connectivity index is 1.60. The number of carbonyl (C=O) groups excluding carboxylic acids is 1. The molecule has 0 bridgehead atoms. The van der Waals surface area contributed by atoms with Crippen molar-refractivity contribution >= 4 is 28.3 Å². The minimum atomic E-state index is -4.68. The summed E-state index contributed by atoms with van der Waals surface area (Å²) in [6.07, 6.45) is -4.68. The summed E-state index contributed by atoms with van der Waals surface area (Å²) in [7, 11) is 1.77. The van der Waals surface area contributed by atoms with Crippen LogP contribution >= 0.6 is 0 Å². The molecule has 4 rings (SSSR count). The average Bonchev–Trinajstić information content (AvgIpc) is 3.10. The molecule has 1 amide bonds. The van der Waals surface area contributed by atoms with E-state index >= 15 is 0 Å². The van der Waals surface area contributed by atoms with Crippen LogP contribution in [-0.4, -0.2) is 56.7 Å². The second-order valence-corrected chi connectivity index (χ2v) is 8.89. The quantitative estimate of drug-likeness (QED) is 0.400. The Bertz CT molecular complexity index is 1310. The van der Waals surface area contributed by atoms with E-state index in [4.69, 9.17) is 0 Å². The number of anilines is 1. The predicted octanol–water partition coefficient (Wildman–Crippen LogP) is 4.29. The van der Waals surface area contributed by atoms with E-state index in [9.17, 15) is 28.1 Å². The zero-order chi connectivity index (χ0) is 25.7. The van der Waals surface area contributed by atoms with Gasteiger partial charge >= 0.3 is 6.18 Å². The molecular formula is C23H25F3N6O3. The minimum Gasteiger partial charge on any atom is -0.362 e. The number of alkyl halides is 3. The van der Waals surface area contributed by atoms with Crippen molar-refractivity contribution in [3.05, 3.63) is 56.9 Å². The summed E-state index contributed by atoms with van der Waals surface area (Å²) < 4.78 is 40.8. The SMILES string of the molecule is Cc1nn(C)c2nc(C(C)C)cc(C(=O)N3CCN(c4ccc(C(F)(F)F)cc4[N+](=O)[O-])CC3)c12. The number of amides is 1. The van der Waals surface area contributed by atoms with Gasteiger partial charge in [-0.25, -0.2) is 4.98 Å². The number of aromatic nitrogens is 3. The molecule has 1 aliphatic heterocycles. The second kappa shape index (κ2) is 8.82. The number of aryl methyl sites for hydroxylation is 2. The van der Waals surface area contributed by atoms with E-state index in [1.165, 1.54) is 0 Å². The van der Waals surface area contributed by atoms with Crippen molar-refractivity contribution in [2.75, 3.05) is 31.1 Å². The predicted molar refractivity (Wildman–Crippen MR) is 124 cm³/mol. The first kappa shape index (κ1) is 24.4. The number of nitrogens with zero attached hydrogens (tertiary/aromatic N) is 6. The number of carbonyl (C=O) groups is 1. The summed E-state index contributed by atoms with van der Waals surface area (Å²) in [4.78, 5) is 32.2. The first-order valence-corrected chi connectivity index (χ1v) is 11.1. The van der Waals surface area contributed by atoms with Crippen molar-refractivity contribution < 1.29 is 22.9 Å². The van der Waals surface area contributed by atoms with E-state index in [1.54, 1.807) is 27.6 Å². The van der Waals surface area contributed by atoms with Gasteiger partial charge < -0.3 is 9.80 Å². The highest BCUT2D eigenvalue weighted by Gasteiger charge is 2.35. The molecule has 35 heavy (non-hydrogen) atoms. The summed E-state index contributed by atoms with van der Waals surface area (Å²) >= 11 is 0. The fourth-order valence-corrected chi connectivity index (χ4v) is 4.36. The van der Waals surface area contributed by atoms with Gasteiger partial charge in [-0.3, -0.25) is 19.6 Å². The lowest BCUT2D eigenvalue weighted by atomic mass is 10.0. The molecule has 0 unspecified atom stereocenters. The van der Waals surface area contributed by atoms with Crippen molar-refractivity contribution in [1.29, 1.82) is 0 Å². The molecule has 1 saturated heterocycles. The summed E-state index contributed by atoms with van der Waals surface area (Å²) in [6.45, 7) is 6.80. The number of benzene rings is 1. The van der Waals surface area contributed by atoms with E-state index < -0.39 is 22.4 Å². The number of nitro groups is 1. The smallest absolute Gasteiger partial charge is 0.362 e. The van der Waals surface area contributed by atoms with Gasteiger partial charge in [0, 0.05) is 45.0 Å². The third-order valence-corrected chi connectivity index (χ3v) is 6.22. The molecule has 2 aromatic heterocycles. The molecule has 0 aliphatic carbocycles. The van der Waals surface area contributed by atoms with Crippen molar-refractivity contribution in [2.45, 2.75) is 32.9 Å². The van der Waals surface area contributed by atoms with Crippen LogP contribution in [0, 0.1) is 17.0 Å². The van der Waals surface area contributed by atoms with Crippen LogP contribution in [0.2, 0.25) is 0 Å². The first-order valence-electron chi connectivity index (χ1n) is 11.1. The van der Waals surface area contributed by atoms with Gasteiger partial charge in [0.2, 0.25) is 0 Å². The van der Waals surface area contributed by atoms with Crippen LogP contribution in [0.15, 0.2) is 24.3 Å². The molecule has 0 atom stereocenters. The Morgan fingerprint density at radius 2 is 1.80 bits per heavy atom. The molecule has 1 aliphatic rings. The lowest BCUT2D eigenvalue weighted by Crippen LogP contribution is -2.49. The van der Waals surface area contributed by atoms with Crippen molar-refractivity contribution in [2.24, 2.45) is 7.05 Å². The number of nitro benzene ring substituents is 1. The average molecular weight is 490 g/mol. The largest absolute Gasteiger partial charge is 0.416 e. The summed E-state index contributed by atoms with van der Waals surface area (Å²) in [5.41, 5.74) is 0.996. The van der Waals surface area contributed by atoms with Crippen molar-refractivity contribution in [3.63, 3.8) is 0 Å². The van der Waals surface area contributed by atoms with Gasteiger partial charge in [-0.15, -0.1) is 0 Å². The highest BCUT2D eigenvalue weighted by atomic mass is 19.4. The normalized spacial score (nSPS) is 14.7. The Morgan fingerprint density at radius 3 is 2.37 bits per heavy atom. The van der Waals surface area contributed by atoms with E-state index in [-0.39, 0.29) is 43.7 Å². The standard InChI is InChI=1S/C23H25F3N6O3/c1-13(2)17-12-16(20-14(3)28-29(4)21(20)27-17)22(33)31-9-7-30(8-10-31)18-6-5-15(23(24,25)26)11-19(18)32(34)35/h5-6,11-13H,7-10H2,1-4H3. The molecule has 1 fully saturated rings. The fraction of sp³-hybridized carbons (Fsp3) is 0.435. The van der Waals surface area contributed by atoms with E-state index in [0.29, 0.717) is 28.4 Å². The number of rotatable bonds is 4. The summed E-state index contributed by atoms with van der Waals surface area (Å²) in [5.74, 6) is -0.102.